The van der Waals surface area contributed by atoms with E-state index < -0.39 is 56.5 Å². The fraction of sp³-hybridized carbons (Fsp3) is 0.406. The Morgan fingerprint density at radius 1 is 1.10 bits per heavy atom. The summed E-state index contributed by atoms with van der Waals surface area (Å²) in [4.78, 5) is 36.6. The van der Waals surface area contributed by atoms with E-state index in [4.69, 9.17) is 29.0 Å². The summed E-state index contributed by atoms with van der Waals surface area (Å²) >= 11 is 0.909. The van der Waals surface area contributed by atoms with Gasteiger partial charge in [-0.05, 0) is 25.0 Å². The smallest absolute Gasteiger partial charge is 0.429 e. The molecule has 274 valence electrons. The van der Waals surface area contributed by atoms with Crippen molar-refractivity contribution in [2.24, 2.45) is 5.41 Å². The van der Waals surface area contributed by atoms with Crippen LogP contribution in [0.5, 0.6) is 0 Å². The number of hydrogen-bond acceptors (Lipinski definition) is 15. The number of nitrogen functional groups attached to an aromatic ring is 1. The number of benzene rings is 2. The molecule has 0 saturated carbocycles. The van der Waals surface area contributed by atoms with E-state index in [1.807, 2.05) is 6.07 Å². The second-order valence-corrected chi connectivity index (χ2v) is 14.9. The zero-order valence-corrected chi connectivity index (χ0v) is 29.4. The third-order valence-corrected chi connectivity index (χ3v) is 10.4. The molecule has 0 spiro atoms. The Balaban J connectivity index is 1.32. The lowest BCUT2D eigenvalue weighted by atomic mass is 9.97. The van der Waals surface area contributed by atoms with Crippen molar-refractivity contribution in [1.29, 1.82) is 0 Å². The first-order chi connectivity index (χ1) is 24.4. The summed E-state index contributed by atoms with van der Waals surface area (Å²) in [7, 11) is -4.15. The van der Waals surface area contributed by atoms with E-state index in [-0.39, 0.29) is 54.2 Å². The molecule has 0 aliphatic carbocycles. The number of fused-ring (bicyclic) bond motifs is 1. The second-order valence-electron chi connectivity index (χ2n) is 12.0. The first-order valence-corrected chi connectivity index (χ1v) is 18.2. The SMILES string of the molecule is CC(C)(CO)C(=O)SCCOP(=O)(NCc1ccccc1)OC[C@H]1O[C@@H](n2cnc3c(N)nc(F)nc32)[C@@H](OC(=O)OCc2ccccc2)[C@@H]1O. The number of rotatable bonds is 16. The highest BCUT2D eigenvalue weighted by atomic mass is 32.2. The Kier molecular flexibility index (Phi) is 12.8. The molecule has 16 nitrogen and oxygen atoms in total. The van der Waals surface area contributed by atoms with E-state index in [1.54, 1.807) is 68.4 Å². The van der Waals surface area contributed by atoms with Crippen LogP contribution >= 0.6 is 19.5 Å². The molecule has 0 radical (unpaired) electrons. The fourth-order valence-corrected chi connectivity index (χ4v) is 7.04. The average molecular weight is 749 g/mol. The number of hydrogen-bond donors (Lipinski definition) is 4. The van der Waals surface area contributed by atoms with E-state index in [0.29, 0.717) is 5.56 Å². The standard InChI is InChI=1S/C32H38FN6O10PS/c1-32(2,18-40)29(42)51-14-13-46-50(44,36-15-20-9-5-3-6-10-20)47-17-22-24(41)25(49-31(43)45-16-21-11-7-4-8-12-21)28(48-22)39-19-35-23-26(34)37-30(33)38-27(23)39/h3-12,19,22,24-25,28,40-41H,13-18H2,1-2H3,(H,36,44)(H2,34,37,38)/t22-,24-,25+,28-,50?/m1/s1. The van der Waals surface area contributed by atoms with Crippen molar-refractivity contribution >= 4 is 47.8 Å². The molecular weight excluding hydrogens is 710 g/mol. The van der Waals surface area contributed by atoms with E-state index in [0.717, 1.165) is 17.3 Å². The number of thioether (sulfide) groups is 1. The fourth-order valence-electron chi connectivity index (χ4n) is 4.80. The van der Waals surface area contributed by atoms with Gasteiger partial charge in [0.25, 0.3) is 0 Å². The van der Waals surface area contributed by atoms with Gasteiger partial charge in [-0.3, -0.25) is 18.4 Å². The minimum atomic E-state index is -4.15. The lowest BCUT2D eigenvalue weighted by molar-refractivity contribution is -0.119. The maximum absolute atomic E-state index is 14.2. The van der Waals surface area contributed by atoms with Gasteiger partial charge in [-0.1, -0.05) is 72.4 Å². The summed E-state index contributed by atoms with van der Waals surface area (Å²) in [5, 5.41) is 23.4. The number of nitrogens with two attached hydrogens (primary N) is 1. The predicted molar refractivity (Wildman–Crippen MR) is 182 cm³/mol. The van der Waals surface area contributed by atoms with Crippen molar-refractivity contribution in [2.45, 2.75) is 51.5 Å². The van der Waals surface area contributed by atoms with Crippen LogP contribution in [0.25, 0.3) is 11.2 Å². The van der Waals surface area contributed by atoms with Gasteiger partial charge in [-0.15, -0.1) is 0 Å². The van der Waals surface area contributed by atoms with E-state index in [1.165, 1.54) is 10.9 Å². The van der Waals surface area contributed by atoms with Crippen LogP contribution in [-0.2, 0) is 45.8 Å². The van der Waals surface area contributed by atoms with Crippen molar-refractivity contribution < 1.29 is 52.0 Å². The Bertz CT molecular complexity index is 1840. The van der Waals surface area contributed by atoms with Crippen LogP contribution in [0.4, 0.5) is 15.0 Å². The van der Waals surface area contributed by atoms with E-state index in [9.17, 15) is 28.8 Å². The van der Waals surface area contributed by atoms with Crippen LogP contribution in [-0.4, -0.2) is 84.9 Å². The number of nitrogens with zero attached hydrogens (tertiary/aromatic N) is 4. The van der Waals surface area contributed by atoms with Crippen LogP contribution in [0, 0.1) is 11.5 Å². The Morgan fingerprint density at radius 3 is 2.47 bits per heavy atom. The molecule has 1 aliphatic rings. The maximum atomic E-state index is 14.2. The van der Waals surface area contributed by atoms with Crippen LogP contribution in [0.1, 0.15) is 31.2 Å². The maximum Gasteiger partial charge on any atom is 0.509 e. The van der Waals surface area contributed by atoms with Gasteiger partial charge in [0, 0.05) is 12.3 Å². The first-order valence-electron chi connectivity index (χ1n) is 15.7. The zero-order chi connectivity index (χ0) is 36.6. The monoisotopic (exact) mass is 748 g/mol. The van der Waals surface area contributed by atoms with Crippen molar-refractivity contribution in [2.75, 3.05) is 31.3 Å². The molecule has 2 aromatic heterocycles. The minimum Gasteiger partial charge on any atom is -0.429 e. The minimum absolute atomic E-state index is 0.0290. The number of aliphatic hydroxyl groups is 2. The third-order valence-electron chi connectivity index (χ3n) is 7.69. The Morgan fingerprint density at radius 2 is 1.78 bits per heavy atom. The van der Waals surface area contributed by atoms with Crippen molar-refractivity contribution in [3.63, 3.8) is 0 Å². The molecule has 0 bridgehead atoms. The molecule has 5 atom stereocenters. The van der Waals surface area contributed by atoms with Crippen molar-refractivity contribution in [3.05, 3.63) is 84.2 Å². The number of aromatic nitrogens is 4. The highest BCUT2D eigenvalue weighted by Gasteiger charge is 2.49. The zero-order valence-electron chi connectivity index (χ0n) is 27.7. The highest BCUT2D eigenvalue weighted by Crippen LogP contribution is 2.46. The summed E-state index contributed by atoms with van der Waals surface area (Å²) in [6.45, 7) is 2.08. The molecule has 1 unspecified atom stereocenters. The summed E-state index contributed by atoms with van der Waals surface area (Å²) in [6, 6.07) is 17.8. The Hall–Kier alpha value is -4.00. The number of carbonyl (C=O) groups is 2. The van der Waals surface area contributed by atoms with Gasteiger partial charge in [-0.25, -0.2) is 19.4 Å². The number of anilines is 1. The summed E-state index contributed by atoms with van der Waals surface area (Å²) < 4.78 is 57.6. The number of imidazole rings is 1. The molecule has 51 heavy (non-hydrogen) atoms. The lowest BCUT2D eigenvalue weighted by Crippen LogP contribution is -2.37. The molecule has 4 aromatic rings. The number of halogens is 1. The molecule has 1 fully saturated rings. The van der Waals surface area contributed by atoms with E-state index >= 15 is 0 Å². The molecule has 1 saturated heterocycles. The Labute approximate surface area is 296 Å². The van der Waals surface area contributed by atoms with Crippen LogP contribution in [0.3, 0.4) is 0 Å². The normalized spacial score (nSPS) is 20.3. The van der Waals surface area contributed by atoms with Gasteiger partial charge in [-0.2, -0.15) is 14.4 Å². The van der Waals surface area contributed by atoms with Gasteiger partial charge < -0.3 is 30.2 Å². The molecule has 0 amide bonds. The van der Waals surface area contributed by atoms with E-state index in [2.05, 4.69) is 20.0 Å². The lowest BCUT2D eigenvalue weighted by Gasteiger charge is -2.23. The van der Waals surface area contributed by atoms with Gasteiger partial charge in [0.15, 0.2) is 34.4 Å². The molecule has 5 rings (SSSR count). The van der Waals surface area contributed by atoms with Gasteiger partial charge in [0.2, 0.25) is 0 Å². The van der Waals surface area contributed by atoms with Crippen LogP contribution in [0.15, 0.2) is 67.0 Å². The predicted octanol–water partition coefficient (Wildman–Crippen LogP) is 3.74. The van der Waals surface area contributed by atoms with Crippen LogP contribution in [0.2, 0.25) is 0 Å². The molecule has 2 aromatic carbocycles. The summed E-state index contributed by atoms with van der Waals surface area (Å²) in [6.07, 6.45) is -6.81. The number of ether oxygens (including phenoxy) is 3. The van der Waals surface area contributed by atoms with Gasteiger partial charge in [0.1, 0.15) is 18.8 Å². The molecular formula is C32H38FN6O10PS. The molecule has 19 heteroatoms. The second kappa shape index (κ2) is 17.0. The van der Waals surface area contributed by atoms with Gasteiger partial charge >= 0.3 is 20.0 Å². The highest BCUT2D eigenvalue weighted by molar-refractivity contribution is 8.13. The molecule has 5 N–H and O–H groups in total. The number of nitrogens with one attached hydrogen (secondary N) is 1. The van der Waals surface area contributed by atoms with Crippen LogP contribution < -0.4 is 10.8 Å². The molecule has 3 heterocycles. The van der Waals surface area contributed by atoms with Crippen molar-refractivity contribution in [1.82, 2.24) is 24.6 Å². The first kappa shape index (κ1) is 38.2. The molecule has 1 aliphatic heterocycles. The summed E-state index contributed by atoms with van der Waals surface area (Å²) in [5.74, 6) is -0.152. The number of aliphatic hydroxyl groups excluding tert-OH is 2. The van der Waals surface area contributed by atoms with Gasteiger partial charge in [0.05, 0.1) is 31.6 Å². The largest absolute Gasteiger partial charge is 0.509 e. The quantitative estimate of drug-likeness (QED) is 0.0555. The third kappa shape index (κ3) is 9.87. The summed E-state index contributed by atoms with van der Waals surface area (Å²) in [5.41, 5.74) is 6.22. The van der Waals surface area contributed by atoms with Crippen molar-refractivity contribution in [3.8, 4) is 0 Å². The topological polar surface area (TPSA) is 219 Å². The number of carbonyl (C=O) groups excluding carboxylic acids is 2. The average Bonchev–Trinajstić information content (AvgIpc) is 3.68.